The molecule has 2 aliphatic heterocycles. The van der Waals surface area contributed by atoms with Gasteiger partial charge in [-0.05, 0) is 32.5 Å². The molecule has 0 spiro atoms. The fourth-order valence-electron chi connectivity index (χ4n) is 3.72. The average Bonchev–Trinajstić information content (AvgIpc) is 2.99. The van der Waals surface area contributed by atoms with Crippen molar-refractivity contribution in [1.29, 1.82) is 0 Å². The molecule has 5 nitrogen and oxygen atoms in total. The fraction of sp³-hybridized carbons (Fsp3) is 0.588. The van der Waals surface area contributed by atoms with E-state index in [0.717, 1.165) is 31.8 Å². The van der Waals surface area contributed by atoms with Crippen LogP contribution in [0.15, 0.2) is 24.5 Å². The number of pyridine rings is 1. The van der Waals surface area contributed by atoms with Crippen molar-refractivity contribution in [2.45, 2.75) is 25.3 Å². The Hall–Kier alpha value is -1.59. The van der Waals surface area contributed by atoms with Gasteiger partial charge < -0.3 is 14.6 Å². The third kappa shape index (κ3) is 2.59. The van der Waals surface area contributed by atoms with Gasteiger partial charge in [-0.15, -0.1) is 0 Å². The van der Waals surface area contributed by atoms with Crippen LogP contribution < -0.4 is 10.2 Å². The number of imidazole rings is 1. The van der Waals surface area contributed by atoms with Crippen LogP contribution in [0.3, 0.4) is 0 Å². The molecule has 2 aromatic heterocycles. The molecule has 1 atom stereocenters. The van der Waals surface area contributed by atoms with Gasteiger partial charge in [0.25, 0.3) is 0 Å². The molecule has 5 heteroatoms. The SMILES string of the molecule is CN1CCCCC1c1cn2ccc(N3CCNCC3)cc2n1. The number of aromatic nitrogens is 2. The Labute approximate surface area is 131 Å². The summed E-state index contributed by atoms with van der Waals surface area (Å²) in [5, 5.41) is 3.41. The van der Waals surface area contributed by atoms with Crippen LogP contribution in [-0.4, -0.2) is 54.1 Å². The molecular weight excluding hydrogens is 274 g/mol. The molecule has 2 aromatic rings. The van der Waals surface area contributed by atoms with E-state index in [1.54, 1.807) is 0 Å². The highest BCUT2D eigenvalue weighted by Crippen LogP contribution is 2.29. The number of piperazine rings is 1. The van der Waals surface area contributed by atoms with Crippen LogP contribution in [0, 0.1) is 0 Å². The van der Waals surface area contributed by atoms with Crippen molar-refractivity contribution in [1.82, 2.24) is 19.6 Å². The van der Waals surface area contributed by atoms with E-state index in [9.17, 15) is 0 Å². The lowest BCUT2D eigenvalue weighted by Gasteiger charge is -2.31. The summed E-state index contributed by atoms with van der Waals surface area (Å²) in [5.74, 6) is 0. The minimum absolute atomic E-state index is 0.483. The van der Waals surface area contributed by atoms with E-state index in [1.165, 1.54) is 37.2 Å². The lowest BCUT2D eigenvalue weighted by Crippen LogP contribution is -2.43. The van der Waals surface area contributed by atoms with Crippen molar-refractivity contribution in [3.05, 3.63) is 30.2 Å². The Morgan fingerprint density at radius 1 is 1.18 bits per heavy atom. The monoisotopic (exact) mass is 299 g/mol. The van der Waals surface area contributed by atoms with Gasteiger partial charge in [0, 0.05) is 50.3 Å². The summed E-state index contributed by atoms with van der Waals surface area (Å²) in [6.45, 7) is 5.48. The molecule has 4 rings (SSSR count). The first-order chi connectivity index (χ1) is 10.8. The van der Waals surface area contributed by atoms with Crippen molar-refractivity contribution >= 4 is 11.3 Å². The van der Waals surface area contributed by atoms with E-state index in [0.29, 0.717) is 6.04 Å². The third-order valence-corrected chi connectivity index (χ3v) is 5.06. The topological polar surface area (TPSA) is 35.8 Å². The van der Waals surface area contributed by atoms with Crippen LogP contribution in [0.25, 0.3) is 5.65 Å². The number of hydrogen-bond acceptors (Lipinski definition) is 4. The molecule has 2 aliphatic rings. The minimum Gasteiger partial charge on any atom is -0.369 e. The van der Waals surface area contributed by atoms with Crippen molar-refractivity contribution in [3.8, 4) is 0 Å². The normalized spacial score (nSPS) is 24.0. The van der Waals surface area contributed by atoms with Crippen molar-refractivity contribution < 1.29 is 0 Å². The molecule has 2 saturated heterocycles. The number of nitrogens with one attached hydrogen (secondary N) is 1. The zero-order valence-electron chi connectivity index (χ0n) is 13.3. The zero-order valence-corrected chi connectivity index (χ0v) is 13.3. The van der Waals surface area contributed by atoms with Gasteiger partial charge in [0.2, 0.25) is 0 Å². The number of nitrogens with zero attached hydrogens (tertiary/aromatic N) is 4. The van der Waals surface area contributed by atoms with Crippen LogP contribution in [0.5, 0.6) is 0 Å². The predicted octanol–water partition coefficient (Wildman–Crippen LogP) is 1.90. The minimum atomic E-state index is 0.483. The quantitative estimate of drug-likeness (QED) is 0.919. The Kier molecular flexibility index (Phi) is 3.76. The molecule has 2 fully saturated rings. The molecule has 0 amide bonds. The Bertz CT molecular complexity index is 644. The summed E-state index contributed by atoms with van der Waals surface area (Å²) >= 11 is 0. The Morgan fingerprint density at radius 2 is 2.05 bits per heavy atom. The molecular formula is C17H25N5. The molecule has 0 aromatic carbocycles. The van der Waals surface area contributed by atoms with Gasteiger partial charge in [0.1, 0.15) is 5.65 Å². The first-order valence-electron chi connectivity index (χ1n) is 8.46. The predicted molar refractivity (Wildman–Crippen MR) is 89.5 cm³/mol. The number of hydrogen-bond donors (Lipinski definition) is 1. The van der Waals surface area contributed by atoms with Crippen LogP contribution in [-0.2, 0) is 0 Å². The summed E-state index contributed by atoms with van der Waals surface area (Å²) in [5.41, 5.74) is 3.59. The Balaban J connectivity index is 1.62. The molecule has 0 radical (unpaired) electrons. The summed E-state index contributed by atoms with van der Waals surface area (Å²) in [7, 11) is 2.22. The first kappa shape index (κ1) is 14.0. The maximum absolute atomic E-state index is 4.92. The van der Waals surface area contributed by atoms with Gasteiger partial charge in [0.05, 0.1) is 11.7 Å². The molecule has 118 valence electrons. The summed E-state index contributed by atoms with van der Waals surface area (Å²) < 4.78 is 2.17. The van der Waals surface area contributed by atoms with Gasteiger partial charge in [0.15, 0.2) is 0 Å². The number of anilines is 1. The fourth-order valence-corrected chi connectivity index (χ4v) is 3.72. The Morgan fingerprint density at radius 3 is 2.86 bits per heavy atom. The standard InChI is InChI=1S/C17H25N5/c1-20-8-3-2-4-16(20)15-13-22-9-5-14(12-17(22)19-15)21-10-6-18-7-11-21/h5,9,12-13,16,18H,2-4,6-8,10-11H2,1H3. The van der Waals surface area contributed by atoms with Crippen molar-refractivity contribution in [3.63, 3.8) is 0 Å². The summed E-state index contributed by atoms with van der Waals surface area (Å²) in [6.07, 6.45) is 8.23. The van der Waals surface area contributed by atoms with E-state index in [1.807, 2.05) is 0 Å². The van der Waals surface area contributed by atoms with Gasteiger partial charge in [-0.1, -0.05) is 6.42 Å². The largest absolute Gasteiger partial charge is 0.369 e. The lowest BCUT2D eigenvalue weighted by molar-refractivity contribution is 0.184. The number of likely N-dealkylation sites (tertiary alicyclic amines) is 1. The van der Waals surface area contributed by atoms with Crippen LogP contribution in [0.2, 0.25) is 0 Å². The smallest absolute Gasteiger partial charge is 0.139 e. The molecule has 0 saturated carbocycles. The number of fused-ring (bicyclic) bond motifs is 1. The number of piperidine rings is 1. The van der Waals surface area contributed by atoms with Gasteiger partial charge >= 0.3 is 0 Å². The third-order valence-electron chi connectivity index (χ3n) is 5.06. The highest BCUT2D eigenvalue weighted by Gasteiger charge is 2.23. The van der Waals surface area contributed by atoms with E-state index in [-0.39, 0.29) is 0 Å². The second kappa shape index (κ2) is 5.89. The van der Waals surface area contributed by atoms with Crippen molar-refractivity contribution in [2.24, 2.45) is 0 Å². The second-order valence-corrected chi connectivity index (χ2v) is 6.55. The summed E-state index contributed by atoms with van der Waals surface area (Å²) in [4.78, 5) is 9.81. The maximum Gasteiger partial charge on any atom is 0.139 e. The second-order valence-electron chi connectivity index (χ2n) is 6.55. The molecule has 22 heavy (non-hydrogen) atoms. The summed E-state index contributed by atoms with van der Waals surface area (Å²) in [6, 6.07) is 4.93. The van der Waals surface area contributed by atoms with Crippen LogP contribution in [0.1, 0.15) is 31.0 Å². The molecule has 0 aliphatic carbocycles. The molecule has 0 bridgehead atoms. The molecule has 1 N–H and O–H groups in total. The van der Waals surface area contributed by atoms with Crippen LogP contribution >= 0.6 is 0 Å². The van der Waals surface area contributed by atoms with Gasteiger partial charge in [-0.2, -0.15) is 0 Å². The maximum atomic E-state index is 4.92. The van der Waals surface area contributed by atoms with Crippen LogP contribution in [0.4, 0.5) is 5.69 Å². The van der Waals surface area contributed by atoms with E-state index in [4.69, 9.17) is 4.98 Å². The lowest BCUT2D eigenvalue weighted by atomic mass is 10.0. The average molecular weight is 299 g/mol. The van der Waals surface area contributed by atoms with E-state index >= 15 is 0 Å². The highest BCUT2D eigenvalue weighted by atomic mass is 15.2. The zero-order chi connectivity index (χ0) is 14.9. The number of rotatable bonds is 2. The molecule has 4 heterocycles. The van der Waals surface area contributed by atoms with Gasteiger partial charge in [-0.25, -0.2) is 4.98 Å². The first-order valence-corrected chi connectivity index (χ1v) is 8.46. The van der Waals surface area contributed by atoms with Gasteiger partial charge in [-0.3, -0.25) is 4.90 Å². The molecule has 1 unspecified atom stereocenters. The van der Waals surface area contributed by atoms with Crippen molar-refractivity contribution in [2.75, 3.05) is 44.7 Å². The van der Waals surface area contributed by atoms with E-state index in [2.05, 4.69) is 51.1 Å². The highest BCUT2D eigenvalue weighted by molar-refractivity contribution is 5.57. The van der Waals surface area contributed by atoms with E-state index < -0.39 is 0 Å².